The molecule has 0 saturated carbocycles. The van der Waals surface area contributed by atoms with Gasteiger partial charge in [-0.3, -0.25) is 0 Å². The van der Waals surface area contributed by atoms with Crippen LogP contribution in [0.3, 0.4) is 0 Å². The Morgan fingerprint density at radius 1 is 1.35 bits per heavy atom. The zero-order valence-electron chi connectivity index (χ0n) is 12.5. The topological polar surface area (TPSA) is 50.4 Å². The molecule has 1 amide bonds. The molecule has 0 aromatic heterocycles. The number of amides is 1. The number of hydrogen-bond donors (Lipinski definition) is 2. The first kappa shape index (κ1) is 14.7. The minimum Gasteiger partial charge on any atom is -0.444 e. The Morgan fingerprint density at radius 3 is 2.85 bits per heavy atom. The molecule has 2 N–H and O–H groups in total. The number of ether oxygens (including phenoxy) is 1. The number of hydrogen-bond acceptors (Lipinski definition) is 3. The van der Waals surface area contributed by atoms with Crippen LogP contribution in [-0.2, 0) is 11.2 Å². The molecule has 4 heteroatoms. The van der Waals surface area contributed by atoms with E-state index in [1.165, 1.54) is 11.3 Å². The van der Waals surface area contributed by atoms with E-state index in [1.807, 2.05) is 26.8 Å². The number of aryl methyl sites for hydroxylation is 1. The van der Waals surface area contributed by atoms with Crippen molar-refractivity contribution in [2.75, 3.05) is 11.9 Å². The molecule has 1 aromatic carbocycles. The van der Waals surface area contributed by atoms with Crippen molar-refractivity contribution in [3.05, 3.63) is 29.8 Å². The van der Waals surface area contributed by atoms with Gasteiger partial charge in [0.15, 0.2) is 0 Å². The molecule has 1 aliphatic heterocycles. The lowest BCUT2D eigenvalue weighted by Crippen LogP contribution is -2.43. The smallest absolute Gasteiger partial charge is 0.407 e. The number of para-hydroxylation sites is 1. The van der Waals surface area contributed by atoms with E-state index in [1.54, 1.807) is 0 Å². The average molecular weight is 276 g/mol. The fourth-order valence-electron chi connectivity index (χ4n) is 2.38. The molecule has 0 saturated heterocycles. The van der Waals surface area contributed by atoms with Crippen molar-refractivity contribution in [3.8, 4) is 0 Å². The minimum absolute atomic E-state index is 0.109. The van der Waals surface area contributed by atoms with Crippen LogP contribution in [0.5, 0.6) is 0 Å². The summed E-state index contributed by atoms with van der Waals surface area (Å²) in [5.74, 6) is 0. The molecule has 1 aliphatic rings. The number of rotatable bonds is 1. The van der Waals surface area contributed by atoms with E-state index in [-0.39, 0.29) is 12.1 Å². The normalized spacial score (nSPS) is 19.1. The summed E-state index contributed by atoms with van der Waals surface area (Å²) in [5.41, 5.74) is 2.07. The van der Waals surface area contributed by atoms with Gasteiger partial charge in [-0.05, 0) is 51.7 Å². The second-order valence-electron chi connectivity index (χ2n) is 6.27. The van der Waals surface area contributed by atoms with Gasteiger partial charge in [0.2, 0.25) is 0 Å². The highest BCUT2D eigenvalue weighted by Crippen LogP contribution is 2.20. The van der Waals surface area contributed by atoms with E-state index < -0.39 is 5.60 Å². The second kappa shape index (κ2) is 6.16. The molecule has 2 rings (SSSR count). The van der Waals surface area contributed by atoms with Gasteiger partial charge in [0.25, 0.3) is 0 Å². The Morgan fingerprint density at radius 2 is 2.10 bits per heavy atom. The lowest BCUT2D eigenvalue weighted by Gasteiger charge is -2.26. The molecule has 1 aromatic rings. The third kappa shape index (κ3) is 4.44. The van der Waals surface area contributed by atoms with Crippen molar-refractivity contribution in [2.45, 2.75) is 51.7 Å². The van der Waals surface area contributed by atoms with E-state index in [2.05, 4.69) is 28.8 Å². The summed E-state index contributed by atoms with van der Waals surface area (Å²) < 4.78 is 5.30. The van der Waals surface area contributed by atoms with Crippen LogP contribution in [-0.4, -0.2) is 24.3 Å². The third-order valence-electron chi connectivity index (χ3n) is 3.28. The molecule has 1 heterocycles. The first-order valence-corrected chi connectivity index (χ1v) is 7.25. The molecule has 0 spiro atoms. The molecule has 0 bridgehead atoms. The monoisotopic (exact) mass is 276 g/mol. The summed E-state index contributed by atoms with van der Waals surface area (Å²) in [6, 6.07) is 8.45. The molecule has 4 nitrogen and oxygen atoms in total. The number of benzene rings is 1. The number of anilines is 1. The Labute approximate surface area is 120 Å². The molecule has 110 valence electrons. The molecular weight excluding hydrogens is 252 g/mol. The minimum atomic E-state index is -0.453. The maximum absolute atomic E-state index is 11.8. The lowest BCUT2D eigenvalue weighted by molar-refractivity contribution is 0.0504. The SMILES string of the molecule is CC(C)(C)OC(=O)NC1CCCc2ccccc2NC1. The van der Waals surface area contributed by atoms with Crippen LogP contribution >= 0.6 is 0 Å². The van der Waals surface area contributed by atoms with E-state index >= 15 is 0 Å². The number of nitrogens with one attached hydrogen (secondary N) is 2. The average Bonchev–Trinajstić information content (AvgIpc) is 2.31. The predicted molar refractivity (Wildman–Crippen MR) is 81.0 cm³/mol. The highest BCUT2D eigenvalue weighted by atomic mass is 16.6. The summed E-state index contributed by atoms with van der Waals surface area (Å²) >= 11 is 0. The molecule has 1 unspecified atom stereocenters. The maximum Gasteiger partial charge on any atom is 0.407 e. The van der Waals surface area contributed by atoms with Crippen molar-refractivity contribution >= 4 is 11.8 Å². The Bertz CT molecular complexity index is 466. The molecule has 0 aliphatic carbocycles. The Balaban J connectivity index is 1.91. The van der Waals surface area contributed by atoms with Gasteiger partial charge in [-0.25, -0.2) is 4.79 Å². The largest absolute Gasteiger partial charge is 0.444 e. The van der Waals surface area contributed by atoms with Gasteiger partial charge in [-0.1, -0.05) is 18.2 Å². The summed E-state index contributed by atoms with van der Waals surface area (Å²) in [4.78, 5) is 11.8. The Kier molecular flexibility index (Phi) is 4.53. The highest BCUT2D eigenvalue weighted by Gasteiger charge is 2.20. The molecule has 0 fully saturated rings. The molecule has 0 radical (unpaired) electrons. The molecular formula is C16H24N2O2. The van der Waals surface area contributed by atoms with Crippen LogP contribution in [0.2, 0.25) is 0 Å². The van der Waals surface area contributed by atoms with Crippen LogP contribution in [0, 0.1) is 0 Å². The number of carbonyl (C=O) groups excluding carboxylic acids is 1. The van der Waals surface area contributed by atoms with Crippen LogP contribution < -0.4 is 10.6 Å². The predicted octanol–water partition coefficient (Wildman–Crippen LogP) is 3.33. The van der Waals surface area contributed by atoms with Gasteiger partial charge >= 0.3 is 6.09 Å². The van der Waals surface area contributed by atoms with Gasteiger partial charge in [0.1, 0.15) is 5.60 Å². The van der Waals surface area contributed by atoms with Crippen LogP contribution in [0.25, 0.3) is 0 Å². The van der Waals surface area contributed by atoms with Gasteiger partial charge in [0.05, 0.1) is 0 Å². The summed E-state index contributed by atoms with van der Waals surface area (Å²) in [5, 5.41) is 6.36. The van der Waals surface area contributed by atoms with Crippen LogP contribution in [0.15, 0.2) is 24.3 Å². The first-order valence-electron chi connectivity index (χ1n) is 7.25. The van der Waals surface area contributed by atoms with Crippen molar-refractivity contribution in [1.82, 2.24) is 5.32 Å². The first-order chi connectivity index (χ1) is 9.44. The fourth-order valence-corrected chi connectivity index (χ4v) is 2.38. The van der Waals surface area contributed by atoms with Gasteiger partial charge in [-0.15, -0.1) is 0 Å². The van der Waals surface area contributed by atoms with E-state index in [0.29, 0.717) is 0 Å². The van der Waals surface area contributed by atoms with Crippen LogP contribution in [0.1, 0.15) is 39.2 Å². The highest BCUT2D eigenvalue weighted by molar-refractivity contribution is 5.68. The third-order valence-corrected chi connectivity index (χ3v) is 3.28. The van der Waals surface area contributed by atoms with Gasteiger partial charge < -0.3 is 15.4 Å². The quantitative estimate of drug-likeness (QED) is 0.827. The van der Waals surface area contributed by atoms with E-state index in [0.717, 1.165) is 25.8 Å². The van der Waals surface area contributed by atoms with E-state index in [9.17, 15) is 4.79 Å². The van der Waals surface area contributed by atoms with E-state index in [4.69, 9.17) is 4.74 Å². The summed E-state index contributed by atoms with van der Waals surface area (Å²) in [6.45, 7) is 6.36. The number of fused-ring (bicyclic) bond motifs is 1. The number of alkyl carbamates (subject to hydrolysis) is 1. The second-order valence-corrected chi connectivity index (χ2v) is 6.27. The van der Waals surface area contributed by atoms with Crippen LogP contribution in [0.4, 0.5) is 10.5 Å². The molecule has 20 heavy (non-hydrogen) atoms. The van der Waals surface area contributed by atoms with Gasteiger partial charge in [0, 0.05) is 18.3 Å². The maximum atomic E-state index is 11.8. The zero-order valence-corrected chi connectivity index (χ0v) is 12.5. The zero-order chi connectivity index (χ0) is 14.6. The van der Waals surface area contributed by atoms with Crippen molar-refractivity contribution in [1.29, 1.82) is 0 Å². The van der Waals surface area contributed by atoms with Gasteiger partial charge in [-0.2, -0.15) is 0 Å². The lowest BCUT2D eigenvalue weighted by atomic mass is 10.0. The summed E-state index contributed by atoms with van der Waals surface area (Å²) in [6.07, 6.45) is 2.73. The fraction of sp³-hybridized carbons (Fsp3) is 0.562. The molecule has 1 atom stereocenters. The number of carbonyl (C=O) groups is 1. The van der Waals surface area contributed by atoms with Crippen molar-refractivity contribution < 1.29 is 9.53 Å². The van der Waals surface area contributed by atoms with Crippen molar-refractivity contribution in [2.24, 2.45) is 0 Å². The summed E-state index contributed by atoms with van der Waals surface area (Å²) in [7, 11) is 0. The Hall–Kier alpha value is -1.71. The standard InChI is InChI=1S/C16H24N2O2/c1-16(2,3)20-15(19)18-13-9-6-8-12-7-4-5-10-14(12)17-11-13/h4-5,7,10,13,17H,6,8-9,11H2,1-3H3,(H,18,19). The van der Waals surface area contributed by atoms with Crippen molar-refractivity contribution in [3.63, 3.8) is 0 Å².